The van der Waals surface area contributed by atoms with Crippen molar-refractivity contribution in [3.8, 4) is 5.75 Å². The molecule has 1 rings (SSSR count). The van der Waals surface area contributed by atoms with Crippen molar-refractivity contribution in [3.63, 3.8) is 0 Å². The second-order valence-electron chi connectivity index (χ2n) is 5.20. The molecule has 5 heteroatoms. The molecule has 21 heavy (non-hydrogen) atoms. The lowest BCUT2D eigenvalue weighted by Gasteiger charge is -2.23. The van der Waals surface area contributed by atoms with E-state index in [4.69, 9.17) is 9.84 Å². The number of hydrogen-bond acceptors (Lipinski definition) is 3. The lowest BCUT2D eigenvalue weighted by Crippen LogP contribution is -2.46. The van der Waals surface area contributed by atoms with Gasteiger partial charge in [0.2, 0.25) is 0 Å². The van der Waals surface area contributed by atoms with Crippen LogP contribution in [-0.4, -0.2) is 29.1 Å². The smallest absolute Gasteiger partial charge is 0.308 e. The van der Waals surface area contributed by atoms with Gasteiger partial charge in [0.25, 0.3) is 5.91 Å². The molecule has 116 valence electrons. The Bertz CT molecular complexity index is 501. The number of nitrogens with one attached hydrogen (secondary N) is 1. The first kappa shape index (κ1) is 17.0. The molecular formula is C16H23NO4. The van der Waals surface area contributed by atoms with Crippen molar-refractivity contribution in [1.29, 1.82) is 0 Å². The van der Waals surface area contributed by atoms with Crippen molar-refractivity contribution in [2.24, 2.45) is 5.92 Å². The summed E-state index contributed by atoms with van der Waals surface area (Å²) in [4.78, 5) is 23.1. The van der Waals surface area contributed by atoms with Gasteiger partial charge in [-0.3, -0.25) is 9.59 Å². The molecule has 0 aliphatic rings. The van der Waals surface area contributed by atoms with Gasteiger partial charge in [-0.25, -0.2) is 0 Å². The van der Waals surface area contributed by atoms with Crippen LogP contribution in [0, 0.1) is 12.8 Å². The predicted molar refractivity (Wildman–Crippen MR) is 80.3 cm³/mol. The predicted octanol–water partition coefficient (Wildman–Crippen LogP) is 2.38. The third-order valence-electron chi connectivity index (χ3n) is 3.54. The molecule has 2 N–H and O–H groups in total. The number of benzene rings is 1. The molecule has 5 nitrogen and oxygen atoms in total. The van der Waals surface area contributed by atoms with Crippen molar-refractivity contribution in [1.82, 2.24) is 5.32 Å². The van der Waals surface area contributed by atoms with Crippen LogP contribution in [0.2, 0.25) is 0 Å². The van der Waals surface area contributed by atoms with Crippen molar-refractivity contribution in [2.75, 3.05) is 0 Å². The topological polar surface area (TPSA) is 75.6 Å². The number of carbonyl (C=O) groups is 2. The van der Waals surface area contributed by atoms with E-state index in [2.05, 4.69) is 5.32 Å². The summed E-state index contributed by atoms with van der Waals surface area (Å²) in [6.45, 7) is 7.01. The highest BCUT2D eigenvalue weighted by atomic mass is 16.5. The summed E-state index contributed by atoms with van der Waals surface area (Å²) in [5.74, 6) is -1.21. The van der Waals surface area contributed by atoms with E-state index in [0.717, 1.165) is 5.56 Å². The number of para-hydroxylation sites is 1. The van der Waals surface area contributed by atoms with Crippen LogP contribution in [-0.2, 0) is 9.59 Å². The molecule has 0 fully saturated rings. The number of rotatable bonds is 7. The zero-order chi connectivity index (χ0) is 16.0. The molecule has 1 aromatic rings. The van der Waals surface area contributed by atoms with Crippen molar-refractivity contribution in [3.05, 3.63) is 29.8 Å². The molecule has 0 saturated heterocycles. The average molecular weight is 293 g/mol. The van der Waals surface area contributed by atoms with Crippen LogP contribution < -0.4 is 10.1 Å². The zero-order valence-corrected chi connectivity index (χ0v) is 12.9. The van der Waals surface area contributed by atoms with Crippen LogP contribution >= 0.6 is 0 Å². The van der Waals surface area contributed by atoms with Gasteiger partial charge in [-0.05, 0) is 38.8 Å². The summed E-state index contributed by atoms with van der Waals surface area (Å²) >= 11 is 0. The van der Waals surface area contributed by atoms with Gasteiger partial charge < -0.3 is 15.2 Å². The molecule has 0 heterocycles. The Morgan fingerprint density at radius 2 is 1.90 bits per heavy atom. The Morgan fingerprint density at radius 1 is 1.29 bits per heavy atom. The maximum atomic E-state index is 12.2. The molecule has 3 unspecified atom stereocenters. The van der Waals surface area contributed by atoms with Crippen LogP contribution in [0.1, 0.15) is 32.8 Å². The number of ether oxygens (including phenoxy) is 1. The first-order valence-corrected chi connectivity index (χ1v) is 7.12. The fourth-order valence-electron chi connectivity index (χ4n) is 1.82. The van der Waals surface area contributed by atoms with Gasteiger partial charge in [0.1, 0.15) is 5.75 Å². The number of carboxylic acid groups (broad SMARTS) is 1. The lowest BCUT2D eigenvalue weighted by molar-refractivity contribution is -0.142. The monoisotopic (exact) mass is 293 g/mol. The van der Waals surface area contributed by atoms with E-state index in [1.54, 1.807) is 13.8 Å². The van der Waals surface area contributed by atoms with Crippen LogP contribution in [0.5, 0.6) is 5.75 Å². The molecule has 0 aliphatic carbocycles. The molecule has 0 radical (unpaired) electrons. The Labute approximate surface area is 125 Å². The third kappa shape index (κ3) is 4.77. The zero-order valence-electron chi connectivity index (χ0n) is 12.9. The van der Waals surface area contributed by atoms with Crippen LogP contribution in [0.25, 0.3) is 0 Å². The fraction of sp³-hybridized carbons (Fsp3) is 0.500. The maximum Gasteiger partial charge on any atom is 0.308 e. The quantitative estimate of drug-likeness (QED) is 0.809. The standard InChI is InChI=1S/C16H23NO4/c1-5-13(21-14-9-7-6-8-10(14)2)15(18)17-12(4)11(3)16(19)20/h6-9,11-13H,5H2,1-4H3,(H,17,18)(H,19,20). The lowest BCUT2D eigenvalue weighted by atomic mass is 10.0. The molecular weight excluding hydrogens is 270 g/mol. The highest BCUT2D eigenvalue weighted by Gasteiger charge is 2.25. The summed E-state index contributed by atoms with van der Waals surface area (Å²) in [5, 5.41) is 11.7. The molecule has 0 bridgehead atoms. The van der Waals surface area contributed by atoms with Crippen molar-refractivity contribution in [2.45, 2.75) is 46.3 Å². The van der Waals surface area contributed by atoms with Crippen molar-refractivity contribution < 1.29 is 19.4 Å². The minimum Gasteiger partial charge on any atom is -0.481 e. The number of hydrogen-bond donors (Lipinski definition) is 2. The van der Waals surface area contributed by atoms with Crippen LogP contribution in [0.3, 0.4) is 0 Å². The Balaban J connectivity index is 2.70. The average Bonchev–Trinajstić information content (AvgIpc) is 2.45. The molecule has 1 aromatic carbocycles. The summed E-state index contributed by atoms with van der Waals surface area (Å²) in [6, 6.07) is 7.02. The number of carbonyl (C=O) groups excluding carboxylic acids is 1. The van der Waals surface area contributed by atoms with Crippen LogP contribution in [0.4, 0.5) is 0 Å². The number of carboxylic acids is 1. The normalized spacial score (nSPS) is 14.9. The molecule has 0 spiro atoms. The SMILES string of the molecule is CCC(Oc1ccccc1C)C(=O)NC(C)C(C)C(=O)O. The minimum atomic E-state index is -0.935. The van der Waals surface area contributed by atoms with Crippen LogP contribution in [0.15, 0.2) is 24.3 Å². The van der Waals surface area contributed by atoms with E-state index >= 15 is 0 Å². The highest BCUT2D eigenvalue weighted by Crippen LogP contribution is 2.19. The summed E-state index contributed by atoms with van der Waals surface area (Å²) in [5.41, 5.74) is 0.954. The van der Waals surface area contributed by atoms with E-state index < -0.39 is 24.0 Å². The largest absolute Gasteiger partial charge is 0.481 e. The second-order valence-corrected chi connectivity index (χ2v) is 5.20. The molecule has 0 saturated carbocycles. The Morgan fingerprint density at radius 3 is 2.43 bits per heavy atom. The third-order valence-corrected chi connectivity index (χ3v) is 3.54. The summed E-state index contributed by atoms with van der Waals surface area (Å²) in [6.07, 6.45) is -0.122. The minimum absolute atomic E-state index is 0.290. The second kappa shape index (κ2) is 7.67. The maximum absolute atomic E-state index is 12.2. The van der Waals surface area contributed by atoms with E-state index in [1.165, 1.54) is 0 Å². The van der Waals surface area contributed by atoms with Gasteiger partial charge in [0.15, 0.2) is 6.10 Å². The van der Waals surface area contributed by atoms with Crippen molar-refractivity contribution >= 4 is 11.9 Å². The molecule has 3 atom stereocenters. The van der Waals surface area contributed by atoms with Gasteiger partial charge in [-0.1, -0.05) is 25.1 Å². The van der Waals surface area contributed by atoms with E-state index in [9.17, 15) is 9.59 Å². The van der Waals surface area contributed by atoms with Gasteiger partial charge in [0, 0.05) is 6.04 Å². The van der Waals surface area contributed by atoms with E-state index in [0.29, 0.717) is 12.2 Å². The Hall–Kier alpha value is -2.04. The van der Waals surface area contributed by atoms with E-state index in [-0.39, 0.29) is 5.91 Å². The fourth-order valence-corrected chi connectivity index (χ4v) is 1.82. The number of aryl methyl sites for hydroxylation is 1. The van der Waals surface area contributed by atoms with Gasteiger partial charge >= 0.3 is 5.97 Å². The first-order chi connectivity index (χ1) is 9.86. The van der Waals surface area contributed by atoms with Gasteiger partial charge in [-0.2, -0.15) is 0 Å². The summed E-state index contributed by atoms with van der Waals surface area (Å²) in [7, 11) is 0. The van der Waals surface area contributed by atoms with Gasteiger partial charge in [-0.15, -0.1) is 0 Å². The molecule has 1 amide bonds. The Kier molecular flexibility index (Phi) is 6.21. The number of amides is 1. The molecule has 0 aliphatic heterocycles. The number of aliphatic carboxylic acids is 1. The first-order valence-electron chi connectivity index (χ1n) is 7.12. The van der Waals surface area contributed by atoms with E-state index in [1.807, 2.05) is 38.1 Å². The summed E-state index contributed by atoms with van der Waals surface area (Å²) < 4.78 is 5.74. The highest BCUT2D eigenvalue weighted by molar-refractivity contribution is 5.82. The van der Waals surface area contributed by atoms with Gasteiger partial charge in [0.05, 0.1) is 5.92 Å². The molecule has 0 aromatic heterocycles.